The van der Waals surface area contributed by atoms with E-state index in [4.69, 9.17) is 4.74 Å². The van der Waals surface area contributed by atoms with Crippen molar-refractivity contribution in [2.24, 2.45) is 0 Å². The highest BCUT2D eigenvalue weighted by Gasteiger charge is 2.20. The molecule has 0 aromatic carbocycles. The largest absolute Gasteiger partial charge is 0.466 e. The molecular weight excluding hydrogens is 983 g/mol. The van der Waals surface area contributed by atoms with Crippen LogP contribution in [0.25, 0.3) is 0 Å². The van der Waals surface area contributed by atoms with Crippen LogP contribution in [0, 0.1) is 0 Å². The molecule has 0 rings (SSSR count). The highest BCUT2D eigenvalue weighted by Crippen LogP contribution is 2.19. The maximum atomic E-state index is 12.6. The van der Waals surface area contributed by atoms with Crippen molar-refractivity contribution < 1.29 is 24.5 Å². The molecule has 0 aliphatic heterocycles. The van der Waals surface area contributed by atoms with Crippen molar-refractivity contribution in [3.05, 3.63) is 24.3 Å². The lowest BCUT2D eigenvalue weighted by molar-refractivity contribution is -0.143. The van der Waals surface area contributed by atoms with Crippen molar-refractivity contribution in [3.63, 3.8) is 0 Å². The van der Waals surface area contributed by atoms with Crippen LogP contribution in [-0.4, -0.2) is 47.4 Å². The minimum absolute atomic E-state index is 0.00949. The van der Waals surface area contributed by atoms with E-state index in [0.29, 0.717) is 25.9 Å². The number of carbonyl (C=O) groups excluding carboxylic acids is 2. The molecule has 6 heteroatoms. The number of aliphatic hydroxyl groups excluding tert-OH is 2. The predicted octanol–water partition coefficient (Wildman–Crippen LogP) is 23.7. The number of nitrogens with one attached hydrogen (secondary N) is 1. The number of amides is 1. The van der Waals surface area contributed by atoms with Crippen LogP contribution in [0.4, 0.5) is 0 Å². The molecule has 0 heterocycles. The van der Waals surface area contributed by atoms with Gasteiger partial charge in [-0.05, 0) is 57.8 Å². The zero-order chi connectivity index (χ0) is 57.8. The molecule has 0 fully saturated rings. The summed E-state index contributed by atoms with van der Waals surface area (Å²) < 4.78 is 5.51. The Morgan fingerprint density at radius 2 is 0.625 bits per heavy atom. The molecule has 3 N–H and O–H groups in total. The van der Waals surface area contributed by atoms with E-state index in [2.05, 4.69) is 43.5 Å². The van der Waals surface area contributed by atoms with Gasteiger partial charge in [0, 0.05) is 12.8 Å². The van der Waals surface area contributed by atoms with Gasteiger partial charge in [-0.2, -0.15) is 0 Å². The molecule has 0 saturated heterocycles. The number of ether oxygens (including phenoxy) is 1. The van der Waals surface area contributed by atoms with Crippen LogP contribution < -0.4 is 5.32 Å². The molecule has 0 spiro atoms. The normalized spacial score (nSPS) is 12.6. The molecule has 0 aromatic heterocycles. The van der Waals surface area contributed by atoms with Gasteiger partial charge in [0.05, 0.1) is 25.4 Å². The second kappa shape index (κ2) is 69.8. The minimum atomic E-state index is -0.667. The standard InChI is InChI=1S/C74H143NO5/c1-3-5-7-9-11-13-15-17-19-21-23-24-25-27-31-34-38-42-46-50-54-58-62-66-72(77)71(70-76)75-73(78)67-63-59-55-51-47-43-39-35-32-28-26-29-33-37-41-45-49-53-57-61-65-69-80-74(79)68-64-60-56-52-48-44-40-36-30-22-20-18-16-14-12-10-8-6-4-2/h12,14,18,20,71-72,76-77H,3-11,13,15-17,19,21-70H2,1-2H3,(H,75,78)/b14-12-,20-18-. The third kappa shape index (κ3) is 65.5. The summed E-state index contributed by atoms with van der Waals surface area (Å²) in [7, 11) is 0. The third-order valence-electron chi connectivity index (χ3n) is 17.3. The van der Waals surface area contributed by atoms with Crippen molar-refractivity contribution in [2.45, 2.75) is 424 Å². The second-order valence-corrected chi connectivity index (χ2v) is 25.3. The first-order chi connectivity index (χ1) is 39.5. The van der Waals surface area contributed by atoms with E-state index in [-0.39, 0.29) is 18.5 Å². The quantitative estimate of drug-likeness (QED) is 0.0320. The van der Waals surface area contributed by atoms with E-state index in [9.17, 15) is 19.8 Å². The Hall–Kier alpha value is -1.66. The van der Waals surface area contributed by atoms with Gasteiger partial charge < -0.3 is 20.3 Å². The van der Waals surface area contributed by atoms with Gasteiger partial charge >= 0.3 is 5.97 Å². The van der Waals surface area contributed by atoms with Crippen LogP contribution in [-0.2, 0) is 14.3 Å². The van der Waals surface area contributed by atoms with Gasteiger partial charge in [-0.25, -0.2) is 0 Å². The fourth-order valence-corrected chi connectivity index (χ4v) is 11.7. The molecule has 1 amide bonds. The van der Waals surface area contributed by atoms with Crippen molar-refractivity contribution in [1.82, 2.24) is 5.32 Å². The fourth-order valence-electron chi connectivity index (χ4n) is 11.7. The summed E-state index contributed by atoms with van der Waals surface area (Å²) in [4.78, 5) is 24.7. The van der Waals surface area contributed by atoms with Crippen LogP contribution in [0.3, 0.4) is 0 Å². The van der Waals surface area contributed by atoms with Gasteiger partial charge in [-0.1, -0.05) is 366 Å². The summed E-state index contributed by atoms with van der Waals surface area (Å²) in [5.74, 6) is -0.0215. The van der Waals surface area contributed by atoms with Crippen LogP contribution in [0.1, 0.15) is 412 Å². The number of rotatable bonds is 69. The van der Waals surface area contributed by atoms with E-state index in [1.54, 1.807) is 0 Å². The Labute approximate surface area is 501 Å². The summed E-state index contributed by atoms with van der Waals surface area (Å²) in [6.45, 7) is 4.97. The van der Waals surface area contributed by atoms with Crippen molar-refractivity contribution in [3.8, 4) is 0 Å². The first kappa shape index (κ1) is 78.3. The maximum absolute atomic E-state index is 12.6. The van der Waals surface area contributed by atoms with Gasteiger partial charge in [0.1, 0.15) is 0 Å². The molecule has 0 aromatic rings. The zero-order valence-electron chi connectivity index (χ0n) is 54.3. The zero-order valence-corrected chi connectivity index (χ0v) is 54.3. The molecule has 0 aliphatic carbocycles. The Morgan fingerprint density at radius 1 is 0.350 bits per heavy atom. The summed E-state index contributed by atoms with van der Waals surface area (Å²) >= 11 is 0. The minimum Gasteiger partial charge on any atom is -0.466 e. The van der Waals surface area contributed by atoms with E-state index >= 15 is 0 Å². The average Bonchev–Trinajstić information content (AvgIpc) is 3.46. The molecule has 0 radical (unpaired) electrons. The van der Waals surface area contributed by atoms with E-state index in [0.717, 1.165) is 51.4 Å². The Balaban J connectivity index is 3.37. The fraction of sp³-hybridized carbons (Fsp3) is 0.919. The van der Waals surface area contributed by atoms with Crippen LogP contribution >= 0.6 is 0 Å². The van der Waals surface area contributed by atoms with Crippen LogP contribution in [0.15, 0.2) is 24.3 Å². The van der Waals surface area contributed by atoms with Crippen molar-refractivity contribution >= 4 is 11.9 Å². The number of allylic oxidation sites excluding steroid dienone is 4. The number of aliphatic hydroxyl groups is 2. The number of hydrogen-bond donors (Lipinski definition) is 3. The van der Waals surface area contributed by atoms with Gasteiger partial charge in [-0.15, -0.1) is 0 Å². The van der Waals surface area contributed by atoms with Gasteiger partial charge in [-0.3, -0.25) is 9.59 Å². The van der Waals surface area contributed by atoms with Crippen LogP contribution in [0.2, 0.25) is 0 Å². The highest BCUT2D eigenvalue weighted by molar-refractivity contribution is 5.76. The van der Waals surface area contributed by atoms with E-state index in [1.165, 1.54) is 327 Å². The van der Waals surface area contributed by atoms with Crippen LogP contribution in [0.5, 0.6) is 0 Å². The lowest BCUT2D eigenvalue weighted by atomic mass is 10.0. The van der Waals surface area contributed by atoms with E-state index in [1.807, 2.05) is 0 Å². The number of carbonyl (C=O) groups is 2. The van der Waals surface area contributed by atoms with Crippen molar-refractivity contribution in [1.29, 1.82) is 0 Å². The van der Waals surface area contributed by atoms with Crippen molar-refractivity contribution in [2.75, 3.05) is 13.2 Å². The summed E-state index contributed by atoms with van der Waals surface area (Å²) in [6.07, 6.45) is 88.0. The lowest BCUT2D eigenvalue weighted by Crippen LogP contribution is -2.45. The van der Waals surface area contributed by atoms with Gasteiger partial charge in [0.2, 0.25) is 5.91 Å². The molecule has 0 saturated carbocycles. The van der Waals surface area contributed by atoms with Gasteiger partial charge in [0.25, 0.3) is 0 Å². The smallest absolute Gasteiger partial charge is 0.305 e. The highest BCUT2D eigenvalue weighted by atomic mass is 16.5. The molecule has 0 aliphatic rings. The predicted molar refractivity (Wildman–Crippen MR) is 352 cm³/mol. The molecule has 80 heavy (non-hydrogen) atoms. The summed E-state index contributed by atoms with van der Waals surface area (Å²) in [5.41, 5.74) is 0. The molecular formula is C74H143NO5. The summed E-state index contributed by atoms with van der Waals surface area (Å²) in [5, 5.41) is 23.4. The first-order valence-corrected chi connectivity index (χ1v) is 36.6. The lowest BCUT2D eigenvalue weighted by Gasteiger charge is -2.22. The maximum Gasteiger partial charge on any atom is 0.305 e. The first-order valence-electron chi connectivity index (χ1n) is 36.6. The Kier molecular flexibility index (Phi) is 68.4. The monoisotopic (exact) mass is 1130 g/mol. The van der Waals surface area contributed by atoms with E-state index < -0.39 is 12.1 Å². The third-order valence-corrected chi connectivity index (χ3v) is 17.3. The molecule has 2 atom stereocenters. The average molecular weight is 1130 g/mol. The SMILES string of the molecule is CCCCC/C=C\C/C=C\CCCCCCCCCCCC(=O)OCCCCCCCCCCCCCCCCCCCCCCCC(=O)NC(CO)C(O)CCCCCCCCCCCCCCCCCCCCCCCCC. The molecule has 0 bridgehead atoms. The molecule has 2 unspecified atom stereocenters. The Morgan fingerprint density at radius 3 is 0.975 bits per heavy atom. The topological polar surface area (TPSA) is 95.9 Å². The second-order valence-electron chi connectivity index (χ2n) is 25.3. The van der Waals surface area contributed by atoms with Gasteiger partial charge in [0.15, 0.2) is 0 Å². The number of hydrogen-bond acceptors (Lipinski definition) is 5. The molecule has 6 nitrogen and oxygen atoms in total. The molecule has 474 valence electrons. The number of unbranched alkanes of at least 4 members (excludes halogenated alkanes) is 54. The number of esters is 1. The Bertz CT molecular complexity index is 1250. The summed E-state index contributed by atoms with van der Waals surface area (Å²) in [6, 6.07) is -0.544.